The summed E-state index contributed by atoms with van der Waals surface area (Å²) in [5.74, 6) is 1.31. The molecular formula is C29H39N3O2. The minimum atomic E-state index is 0.106. The zero-order valence-electron chi connectivity index (χ0n) is 20.8. The Labute approximate surface area is 203 Å². The average Bonchev–Trinajstić information content (AvgIpc) is 3.54. The van der Waals surface area contributed by atoms with E-state index >= 15 is 0 Å². The van der Waals surface area contributed by atoms with Crippen LogP contribution in [0.5, 0.6) is 0 Å². The van der Waals surface area contributed by atoms with Crippen LogP contribution in [-0.4, -0.2) is 60.1 Å². The first kappa shape index (κ1) is 24.5. The molecule has 1 atom stereocenters. The highest BCUT2D eigenvalue weighted by molar-refractivity contribution is 5.84. The van der Waals surface area contributed by atoms with Crippen molar-refractivity contribution in [2.24, 2.45) is 5.92 Å². The van der Waals surface area contributed by atoms with Crippen LogP contribution in [-0.2, 0) is 10.3 Å². The number of rotatable bonds is 5. The van der Waals surface area contributed by atoms with Gasteiger partial charge < -0.3 is 15.0 Å². The van der Waals surface area contributed by atoms with E-state index < -0.39 is 0 Å². The van der Waals surface area contributed by atoms with E-state index in [4.69, 9.17) is 5.11 Å². The van der Waals surface area contributed by atoms with Crippen LogP contribution < -0.4 is 0 Å². The molecule has 2 heterocycles. The number of nitrogens with one attached hydrogen (secondary N) is 1. The Balaban J connectivity index is 0.00000133. The predicted molar refractivity (Wildman–Crippen MR) is 139 cm³/mol. The molecule has 2 aliphatic rings. The highest BCUT2D eigenvalue weighted by Crippen LogP contribution is 2.44. The highest BCUT2D eigenvalue weighted by Gasteiger charge is 2.39. The number of hydrogen-bond donors (Lipinski definition) is 2. The van der Waals surface area contributed by atoms with Crippen molar-refractivity contribution in [1.82, 2.24) is 14.8 Å². The summed E-state index contributed by atoms with van der Waals surface area (Å²) < 4.78 is 0. The first-order valence-electron chi connectivity index (χ1n) is 12.6. The fourth-order valence-corrected chi connectivity index (χ4v) is 6.15. The maximum atomic E-state index is 13.2. The van der Waals surface area contributed by atoms with Crippen molar-refractivity contribution in [3.05, 3.63) is 71.9 Å². The Hall–Kier alpha value is -2.63. The van der Waals surface area contributed by atoms with Crippen molar-refractivity contribution < 1.29 is 9.90 Å². The Kier molecular flexibility index (Phi) is 7.74. The number of amides is 1. The van der Waals surface area contributed by atoms with Gasteiger partial charge in [-0.1, -0.05) is 48.5 Å². The van der Waals surface area contributed by atoms with Crippen molar-refractivity contribution >= 4 is 16.8 Å². The normalized spacial score (nSPS) is 24.8. The SMILES string of the molecule is CN(C)C1(c2ccccc2)CCC(CC(=O)N2CCC(c3c[nH]c4ccccc34)C2)CC1.CO. The van der Waals surface area contributed by atoms with Crippen molar-refractivity contribution in [2.75, 3.05) is 34.3 Å². The molecule has 1 unspecified atom stereocenters. The van der Waals surface area contributed by atoms with Crippen LogP contribution in [0.15, 0.2) is 60.8 Å². The van der Waals surface area contributed by atoms with Gasteiger partial charge in [-0.2, -0.15) is 0 Å². The van der Waals surface area contributed by atoms with Gasteiger partial charge in [0.05, 0.1) is 0 Å². The van der Waals surface area contributed by atoms with Gasteiger partial charge in [-0.25, -0.2) is 0 Å². The number of aromatic nitrogens is 1. The molecule has 1 saturated heterocycles. The summed E-state index contributed by atoms with van der Waals surface area (Å²) in [4.78, 5) is 21.1. The number of aliphatic hydroxyl groups excluding tert-OH is 1. The Morgan fingerprint density at radius 3 is 2.41 bits per heavy atom. The molecular weight excluding hydrogens is 422 g/mol. The van der Waals surface area contributed by atoms with Crippen LogP contribution in [0.1, 0.15) is 55.6 Å². The third kappa shape index (κ3) is 4.77. The van der Waals surface area contributed by atoms with Gasteiger partial charge in [-0.05, 0) is 69.3 Å². The number of H-pyrrole nitrogens is 1. The Morgan fingerprint density at radius 1 is 1.03 bits per heavy atom. The molecule has 182 valence electrons. The molecule has 1 amide bonds. The fraction of sp³-hybridized carbons (Fsp3) is 0.483. The molecule has 34 heavy (non-hydrogen) atoms. The molecule has 1 aliphatic heterocycles. The minimum Gasteiger partial charge on any atom is -0.400 e. The summed E-state index contributed by atoms with van der Waals surface area (Å²) in [6.45, 7) is 1.75. The number of hydrogen-bond acceptors (Lipinski definition) is 3. The Bertz CT molecular complexity index is 1070. The van der Waals surface area contributed by atoms with Gasteiger partial charge in [0, 0.05) is 55.2 Å². The number of carbonyl (C=O) groups excluding carboxylic acids is 1. The van der Waals surface area contributed by atoms with Crippen molar-refractivity contribution in [1.29, 1.82) is 0 Å². The summed E-state index contributed by atoms with van der Waals surface area (Å²) in [7, 11) is 5.40. The monoisotopic (exact) mass is 461 g/mol. The molecule has 0 spiro atoms. The van der Waals surface area contributed by atoms with Gasteiger partial charge in [0.15, 0.2) is 0 Å². The lowest BCUT2D eigenvalue weighted by molar-refractivity contribution is -0.131. The number of fused-ring (bicyclic) bond motifs is 1. The molecule has 3 aromatic rings. The number of benzene rings is 2. The van der Waals surface area contributed by atoms with Gasteiger partial charge in [0.25, 0.3) is 0 Å². The van der Waals surface area contributed by atoms with Gasteiger partial charge in [-0.15, -0.1) is 0 Å². The number of para-hydroxylation sites is 1. The van der Waals surface area contributed by atoms with Crippen LogP contribution in [0.3, 0.4) is 0 Å². The molecule has 0 radical (unpaired) electrons. The van der Waals surface area contributed by atoms with E-state index in [1.165, 1.54) is 22.0 Å². The lowest BCUT2D eigenvalue weighted by Crippen LogP contribution is -2.44. The standard InChI is InChI=1S/C28H35N3O.CH4O/c1-30(2)28(23-8-4-3-5-9-23)15-12-21(13-16-28)18-27(32)31-17-14-22(20-31)25-19-29-26-11-7-6-10-24(25)26;1-2/h3-11,19,21-22,29H,12-18,20H2,1-2H3;2H,1H3. The fourth-order valence-electron chi connectivity index (χ4n) is 6.15. The van der Waals surface area contributed by atoms with Crippen molar-refractivity contribution in [3.63, 3.8) is 0 Å². The van der Waals surface area contributed by atoms with Crippen LogP contribution in [0.25, 0.3) is 10.9 Å². The van der Waals surface area contributed by atoms with E-state index in [1.807, 2.05) is 0 Å². The Morgan fingerprint density at radius 2 is 1.71 bits per heavy atom. The summed E-state index contributed by atoms with van der Waals surface area (Å²) in [6.07, 6.45) is 8.42. The van der Waals surface area contributed by atoms with Crippen LogP contribution in [0.2, 0.25) is 0 Å². The molecule has 5 nitrogen and oxygen atoms in total. The number of likely N-dealkylation sites (tertiary alicyclic amines) is 1. The van der Waals surface area contributed by atoms with E-state index in [9.17, 15) is 4.79 Å². The zero-order valence-corrected chi connectivity index (χ0v) is 20.8. The third-order valence-corrected chi connectivity index (χ3v) is 8.16. The topological polar surface area (TPSA) is 59.6 Å². The smallest absolute Gasteiger partial charge is 0.222 e. The van der Waals surface area contributed by atoms with Gasteiger partial charge >= 0.3 is 0 Å². The second-order valence-electron chi connectivity index (χ2n) is 10.1. The van der Waals surface area contributed by atoms with E-state index in [0.29, 0.717) is 24.2 Å². The molecule has 1 aromatic heterocycles. The molecule has 2 N–H and O–H groups in total. The van der Waals surface area contributed by atoms with Crippen molar-refractivity contribution in [3.8, 4) is 0 Å². The van der Waals surface area contributed by atoms with Crippen LogP contribution >= 0.6 is 0 Å². The molecule has 1 saturated carbocycles. The van der Waals surface area contributed by atoms with E-state index in [1.54, 1.807) is 0 Å². The molecule has 5 heteroatoms. The number of nitrogens with zero attached hydrogens (tertiary/aromatic N) is 2. The first-order chi connectivity index (χ1) is 16.6. The summed E-state index contributed by atoms with van der Waals surface area (Å²) in [5.41, 5.74) is 4.08. The van der Waals surface area contributed by atoms with Crippen molar-refractivity contribution in [2.45, 2.75) is 50.0 Å². The van der Waals surface area contributed by atoms with E-state index in [0.717, 1.165) is 52.3 Å². The van der Waals surface area contributed by atoms with E-state index in [-0.39, 0.29) is 5.54 Å². The predicted octanol–water partition coefficient (Wildman–Crippen LogP) is 5.13. The first-order valence-corrected chi connectivity index (χ1v) is 12.6. The molecule has 5 rings (SSSR count). The average molecular weight is 462 g/mol. The zero-order chi connectivity index (χ0) is 24.1. The summed E-state index contributed by atoms with van der Waals surface area (Å²) >= 11 is 0. The van der Waals surface area contributed by atoms with Crippen LogP contribution in [0, 0.1) is 5.92 Å². The van der Waals surface area contributed by atoms with Gasteiger partial charge in [0.2, 0.25) is 5.91 Å². The molecule has 1 aliphatic carbocycles. The second kappa shape index (κ2) is 10.7. The minimum absolute atomic E-state index is 0.106. The highest BCUT2D eigenvalue weighted by atomic mass is 16.2. The molecule has 2 fully saturated rings. The quantitative estimate of drug-likeness (QED) is 0.554. The number of aliphatic hydroxyl groups is 1. The van der Waals surface area contributed by atoms with E-state index in [2.05, 4.69) is 89.7 Å². The van der Waals surface area contributed by atoms with Gasteiger partial charge in [0.1, 0.15) is 0 Å². The second-order valence-corrected chi connectivity index (χ2v) is 10.1. The lowest BCUT2D eigenvalue weighted by atomic mass is 9.71. The summed E-state index contributed by atoms with van der Waals surface area (Å²) in [5, 5.41) is 8.31. The maximum Gasteiger partial charge on any atom is 0.222 e. The summed E-state index contributed by atoms with van der Waals surface area (Å²) in [6, 6.07) is 19.4. The third-order valence-electron chi connectivity index (χ3n) is 8.16. The molecule has 0 bridgehead atoms. The lowest BCUT2D eigenvalue weighted by Gasteiger charge is -2.45. The number of carbonyl (C=O) groups is 1. The maximum absolute atomic E-state index is 13.2. The number of aromatic amines is 1. The van der Waals surface area contributed by atoms with Crippen LogP contribution in [0.4, 0.5) is 0 Å². The largest absolute Gasteiger partial charge is 0.400 e. The van der Waals surface area contributed by atoms with Gasteiger partial charge in [-0.3, -0.25) is 9.69 Å². The molecule has 2 aromatic carbocycles.